The molecule has 1 aromatic carbocycles. The van der Waals surface area contributed by atoms with Crippen molar-refractivity contribution in [1.29, 1.82) is 5.26 Å². The van der Waals surface area contributed by atoms with E-state index in [0.29, 0.717) is 5.56 Å². The molecular weight excluding hydrogens is 262 g/mol. The van der Waals surface area contributed by atoms with Crippen LogP contribution < -0.4 is 5.32 Å². The van der Waals surface area contributed by atoms with Crippen molar-refractivity contribution in [3.8, 4) is 6.07 Å². The van der Waals surface area contributed by atoms with Crippen LogP contribution in [0.4, 0.5) is 5.69 Å². The normalized spacial score (nSPS) is 16.7. The van der Waals surface area contributed by atoms with E-state index in [9.17, 15) is 10.1 Å². The minimum atomic E-state index is -0.308. The molecule has 0 aliphatic carbocycles. The van der Waals surface area contributed by atoms with Crippen LogP contribution in [0.25, 0.3) is 0 Å². The molecule has 1 heterocycles. The standard InChI is InChI=1S/C17H23N3O/c1-13-8-7-9-16(15(13)12-18)19-14(2)17(21)20-10-5-3-4-6-11-20/h7-9,14,19H,3-6,10-11H2,1-2H3. The lowest BCUT2D eigenvalue weighted by molar-refractivity contribution is -0.131. The molecule has 1 aliphatic heterocycles. The summed E-state index contributed by atoms with van der Waals surface area (Å²) in [4.78, 5) is 14.5. The van der Waals surface area contributed by atoms with E-state index in [4.69, 9.17) is 0 Å². The molecule has 4 heteroatoms. The molecule has 112 valence electrons. The third kappa shape index (κ3) is 3.75. The lowest BCUT2D eigenvalue weighted by Gasteiger charge is -2.25. The number of benzene rings is 1. The summed E-state index contributed by atoms with van der Waals surface area (Å²) in [6, 6.07) is 7.57. The predicted octanol–water partition coefficient (Wildman–Crippen LogP) is 3.07. The van der Waals surface area contributed by atoms with E-state index < -0.39 is 0 Å². The molecule has 0 bridgehead atoms. The van der Waals surface area contributed by atoms with Gasteiger partial charge in [-0.2, -0.15) is 5.26 Å². The molecule has 2 rings (SSSR count). The zero-order valence-corrected chi connectivity index (χ0v) is 12.9. The van der Waals surface area contributed by atoms with Crippen LogP contribution in [0.3, 0.4) is 0 Å². The van der Waals surface area contributed by atoms with Gasteiger partial charge in [0, 0.05) is 13.1 Å². The Morgan fingerprint density at radius 1 is 1.29 bits per heavy atom. The maximum atomic E-state index is 12.5. The first-order valence-electron chi connectivity index (χ1n) is 7.68. The van der Waals surface area contributed by atoms with Gasteiger partial charge in [0.2, 0.25) is 5.91 Å². The fourth-order valence-electron chi connectivity index (χ4n) is 2.80. The summed E-state index contributed by atoms with van der Waals surface area (Å²) in [6.45, 7) is 5.48. The fraction of sp³-hybridized carbons (Fsp3) is 0.529. The van der Waals surface area contributed by atoms with Crippen LogP contribution in [0.15, 0.2) is 18.2 Å². The second-order valence-corrected chi connectivity index (χ2v) is 5.71. The van der Waals surface area contributed by atoms with Crippen molar-refractivity contribution >= 4 is 11.6 Å². The number of amides is 1. The number of hydrogen-bond acceptors (Lipinski definition) is 3. The van der Waals surface area contributed by atoms with Gasteiger partial charge in [0.05, 0.1) is 11.3 Å². The minimum Gasteiger partial charge on any atom is -0.373 e. The van der Waals surface area contributed by atoms with Crippen molar-refractivity contribution in [3.63, 3.8) is 0 Å². The topological polar surface area (TPSA) is 56.1 Å². The molecular formula is C17H23N3O. The molecule has 0 spiro atoms. The van der Waals surface area contributed by atoms with Gasteiger partial charge in [-0.1, -0.05) is 25.0 Å². The van der Waals surface area contributed by atoms with E-state index >= 15 is 0 Å². The monoisotopic (exact) mass is 285 g/mol. The lowest BCUT2D eigenvalue weighted by atomic mass is 10.1. The molecule has 0 aromatic heterocycles. The number of carbonyl (C=O) groups excluding carboxylic acids is 1. The van der Waals surface area contributed by atoms with Crippen molar-refractivity contribution in [2.24, 2.45) is 0 Å². The Labute approximate surface area is 126 Å². The summed E-state index contributed by atoms with van der Waals surface area (Å²) in [5, 5.41) is 12.5. The lowest BCUT2D eigenvalue weighted by Crippen LogP contribution is -2.42. The average molecular weight is 285 g/mol. The van der Waals surface area contributed by atoms with Crippen LogP contribution in [0, 0.1) is 18.3 Å². The summed E-state index contributed by atoms with van der Waals surface area (Å²) >= 11 is 0. The molecule has 1 fully saturated rings. The second-order valence-electron chi connectivity index (χ2n) is 5.71. The number of anilines is 1. The molecule has 1 amide bonds. The Morgan fingerprint density at radius 2 is 1.95 bits per heavy atom. The molecule has 1 unspecified atom stereocenters. The van der Waals surface area contributed by atoms with Crippen molar-refractivity contribution in [2.45, 2.75) is 45.6 Å². The number of likely N-dealkylation sites (tertiary alicyclic amines) is 1. The van der Waals surface area contributed by atoms with Crippen LogP contribution in [0.1, 0.15) is 43.7 Å². The fourth-order valence-corrected chi connectivity index (χ4v) is 2.80. The molecule has 0 saturated carbocycles. The molecule has 1 N–H and O–H groups in total. The van der Waals surface area contributed by atoms with Gasteiger partial charge >= 0.3 is 0 Å². The first-order valence-corrected chi connectivity index (χ1v) is 7.68. The highest BCUT2D eigenvalue weighted by Gasteiger charge is 2.22. The molecule has 1 aromatic rings. The molecule has 1 aliphatic rings. The van der Waals surface area contributed by atoms with E-state index in [1.165, 1.54) is 12.8 Å². The van der Waals surface area contributed by atoms with Gasteiger partial charge in [-0.25, -0.2) is 0 Å². The first-order chi connectivity index (χ1) is 10.1. The smallest absolute Gasteiger partial charge is 0.244 e. The predicted molar refractivity (Wildman–Crippen MR) is 84.0 cm³/mol. The van der Waals surface area contributed by atoms with Crippen molar-refractivity contribution in [3.05, 3.63) is 29.3 Å². The Balaban J connectivity index is 2.07. The van der Waals surface area contributed by atoms with E-state index in [1.807, 2.05) is 36.9 Å². The summed E-state index contributed by atoms with van der Waals surface area (Å²) in [6.07, 6.45) is 4.60. The molecule has 4 nitrogen and oxygen atoms in total. The van der Waals surface area contributed by atoms with Gasteiger partial charge in [-0.15, -0.1) is 0 Å². The highest BCUT2D eigenvalue weighted by Crippen LogP contribution is 2.20. The number of nitriles is 1. The van der Waals surface area contributed by atoms with Crippen LogP contribution in [-0.4, -0.2) is 29.9 Å². The van der Waals surface area contributed by atoms with Gasteiger partial charge in [-0.3, -0.25) is 4.79 Å². The van der Waals surface area contributed by atoms with Crippen molar-refractivity contribution in [1.82, 2.24) is 4.90 Å². The van der Waals surface area contributed by atoms with Crippen LogP contribution >= 0.6 is 0 Å². The van der Waals surface area contributed by atoms with Crippen LogP contribution in [-0.2, 0) is 4.79 Å². The highest BCUT2D eigenvalue weighted by atomic mass is 16.2. The number of nitrogens with zero attached hydrogens (tertiary/aromatic N) is 2. The van der Waals surface area contributed by atoms with Gasteiger partial charge < -0.3 is 10.2 Å². The summed E-state index contributed by atoms with van der Waals surface area (Å²) in [7, 11) is 0. The van der Waals surface area contributed by atoms with Gasteiger partial charge in [0.1, 0.15) is 12.1 Å². The number of aryl methyl sites for hydroxylation is 1. The average Bonchev–Trinajstić information content (AvgIpc) is 2.75. The Morgan fingerprint density at radius 3 is 2.57 bits per heavy atom. The molecule has 1 atom stereocenters. The number of hydrogen-bond donors (Lipinski definition) is 1. The molecule has 0 radical (unpaired) electrons. The third-order valence-corrected chi connectivity index (χ3v) is 4.04. The van der Waals surface area contributed by atoms with E-state index in [1.54, 1.807) is 0 Å². The van der Waals surface area contributed by atoms with Crippen LogP contribution in [0.2, 0.25) is 0 Å². The second kappa shape index (κ2) is 7.12. The zero-order valence-electron chi connectivity index (χ0n) is 12.9. The Bertz CT molecular complexity index is 539. The largest absolute Gasteiger partial charge is 0.373 e. The molecule has 21 heavy (non-hydrogen) atoms. The minimum absolute atomic E-state index is 0.127. The van der Waals surface area contributed by atoms with Crippen molar-refractivity contribution < 1.29 is 4.79 Å². The van der Waals surface area contributed by atoms with Gasteiger partial charge in [-0.05, 0) is 38.3 Å². The maximum Gasteiger partial charge on any atom is 0.244 e. The zero-order chi connectivity index (χ0) is 15.2. The quantitative estimate of drug-likeness (QED) is 0.928. The SMILES string of the molecule is Cc1cccc(NC(C)C(=O)N2CCCCCC2)c1C#N. The summed E-state index contributed by atoms with van der Waals surface area (Å²) in [5.74, 6) is 0.127. The molecule has 1 saturated heterocycles. The summed E-state index contributed by atoms with van der Waals surface area (Å²) in [5.41, 5.74) is 2.29. The number of nitrogens with one attached hydrogen (secondary N) is 1. The number of rotatable bonds is 3. The van der Waals surface area contributed by atoms with E-state index in [-0.39, 0.29) is 11.9 Å². The maximum absolute atomic E-state index is 12.5. The van der Waals surface area contributed by atoms with Crippen molar-refractivity contribution in [2.75, 3.05) is 18.4 Å². The van der Waals surface area contributed by atoms with E-state index in [0.717, 1.165) is 37.2 Å². The Hall–Kier alpha value is -2.02. The van der Waals surface area contributed by atoms with Gasteiger partial charge in [0.25, 0.3) is 0 Å². The first kappa shape index (κ1) is 15.4. The van der Waals surface area contributed by atoms with Gasteiger partial charge in [0.15, 0.2) is 0 Å². The summed E-state index contributed by atoms with van der Waals surface area (Å²) < 4.78 is 0. The van der Waals surface area contributed by atoms with Crippen LogP contribution in [0.5, 0.6) is 0 Å². The van der Waals surface area contributed by atoms with E-state index in [2.05, 4.69) is 11.4 Å². The Kier molecular flexibility index (Phi) is 5.21. The third-order valence-electron chi connectivity index (χ3n) is 4.04. The number of carbonyl (C=O) groups is 1. The highest BCUT2D eigenvalue weighted by molar-refractivity contribution is 5.85.